The second kappa shape index (κ2) is 13.7. The smallest absolute Gasteiger partial charge is 0.417 e. The zero-order chi connectivity index (χ0) is 36.7. The number of benzene rings is 3. The third-order valence-electron chi connectivity index (χ3n) is 8.46. The second-order valence-electron chi connectivity index (χ2n) is 14.2. The molecule has 0 bridgehead atoms. The highest BCUT2D eigenvalue weighted by atomic mass is 32.2. The van der Waals surface area contributed by atoms with E-state index in [0.29, 0.717) is 40.1 Å². The molecule has 1 N–H and O–H groups in total. The minimum absolute atomic E-state index is 0.195. The number of fused-ring (bicyclic) bond motifs is 2. The highest BCUT2D eigenvalue weighted by Crippen LogP contribution is 2.44. The van der Waals surface area contributed by atoms with E-state index in [-0.39, 0.29) is 23.6 Å². The zero-order valence-electron chi connectivity index (χ0n) is 28.8. The Bertz CT molecular complexity index is 2220. The van der Waals surface area contributed by atoms with Crippen molar-refractivity contribution in [1.82, 2.24) is 14.5 Å². The van der Waals surface area contributed by atoms with Crippen molar-refractivity contribution in [2.45, 2.75) is 70.0 Å². The van der Waals surface area contributed by atoms with Crippen LogP contribution in [-0.4, -0.2) is 30.4 Å². The number of nitrogens with zero attached hydrogens (tertiary/aromatic N) is 3. The maximum atomic E-state index is 13.7. The number of aliphatic carboxylic acids is 1. The summed E-state index contributed by atoms with van der Waals surface area (Å²) in [7, 11) is 0. The van der Waals surface area contributed by atoms with Crippen molar-refractivity contribution in [2.75, 3.05) is 0 Å². The summed E-state index contributed by atoms with van der Waals surface area (Å²) in [6, 6.07) is 23.8. The monoisotopic (exact) mass is 715 g/mol. The van der Waals surface area contributed by atoms with Gasteiger partial charge in [-0.2, -0.15) is 13.2 Å². The summed E-state index contributed by atoms with van der Waals surface area (Å²) in [5, 5.41) is 11.8. The van der Waals surface area contributed by atoms with Gasteiger partial charge in [0.25, 0.3) is 0 Å². The van der Waals surface area contributed by atoms with Crippen LogP contribution in [0.2, 0.25) is 0 Å². The van der Waals surface area contributed by atoms with Gasteiger partial charge in [-0.15, -0.1) is 11.8 Å². The molecule has 0 aliphatic carbocycles. The number of halogens is 4. The number of carbonyl (C=O) groups is 1. The molecular formula is C40H37F4N3O3S. The molecule has 11 heteroatoms. The quantitative estimate of drug-likeness (QED) is 0.112. The Morgan fingerprint density at radius 2 is 1.65 bits per heavy atom. The first-order valence-electron chi connectivity index (χ1n) is 16.3. The molecule has 0 aliphatic heterocycles. The first kappa shape index (κ1) is 35.9. The molecule has 6 nitrogen and oxygen atoms in total. The number of carboxylic acid groups (broad SMARTS) is 1. The summed E-state index contributed by atoms with van der Waals surface area (Å²) < 4.78 is 61.0. The maximum absolute atomic E-state index is 13.7. The van der Waals surface area contributed by atoms with Crippen molar-refractivity contribution in [3.63, 3.8) is 0 Å². The van der Waals surface area contributed by atoms with E-state index in [1.807, 2.05) is 54.6 Å². The average Bonchev–Trinajstić information content (AvgIpc) is 3.32. The van der Waals surface area contributed by atoms with Gasteiger partial charge in [0.2, 0.25) is 0 Å². The van der Waals surface area contributed by atoms with Crippen molar-refractivity contribution in [1.29, 1.82) is 0 Å². The topological polar surface area (TPSA) is 77.2 Å². The van der Waals surface area contributed by atoms with Crippen molar-refractivity contribution in [3.05, 3.63) is 119 Å². The van der Waals surface area contributed by atoms with Crippen molar-refractivity contribution in [3.8, 4) is 17.0 Å². The van der Waals surface area contributed by atoms with Gasteiger partial charge in [0, 0.05) is 56.4 Å². The second-order valence-corrected chi connectivity index (χ2v) is 16.0. The lowest BCUT2D eigenvalue weighted by Crippen LogP contribution is -2.28. The minimum Gasteiger partial charge on any atom is -0.487 e. The van der Waals surface area contributed by atoms with Crippen LogP contribution in [0.3, 0.4) is 0 Å². The molecule has 264 valence electrons. The summed E-state index contributed by atoms with van der Waals surface area (Å²) in [6.07, 6.45) is -3.37. The standard InChI is InChI=1S/C40H37F4N3O3S/c1-38(2,3)51-36-31-19-30(50-23-29-13-10-26-18-28(41)12-16-33(26)46-29)14-17-34(31)47(35(36)20-39(4,5)37(48)49)22-24-6-8-25(9-7-24)32-15-11-27(21-45-32)40(42,43)44/h6-19,21H,20,22-23H2,1-5H3,(H,48,49). The third-order valence-corrected chi connectivity index (χ3v) is 9.74. The molecule has 0 radical (unpaired) electrons. The van der Waals surface area contributed by atoms with Crippen LogP contribution in [0.1, 0.15) is 57.1 Å². The van der Waals surface area contributed by atoms with Crippen LogP contribution in [0.4, 0.5) is 17.6 Å². The van der Waals surface area contributed by atoms with Gasteiger partial charge in [-0.25, -0.2) is 9.37 Å². The van der Waals surface area contributed by atoms with Crippen LogP contribution in [0.15, 0.2) is 96.0 Å². The molecule has 0 unspecified atom stereocenters. The molecule has 0 aliphatic rings. The predicted octanol–water partition coefficient (Wildman–Crippen LogP) is 10.6. The van der Waals surface area contributed by atoms with Crippen LogP contribution in [0.25, 0.3) is 33.1 Å². The van der Waals surface area contributed by atoms with Crippen LogP contribution in [-0.2, 0) is 30.5 Å². The van der Waals surface area contributed by atoms with Gasteiger partial charge in [-0.3, -0.25) is 9.78 Å². The first-order valence-corrected chi connectivity index (χ1v) is 17.2. The van der Waals surface area contributed by atoms with E-state index in [1.54, 1.807) is 31.7 Å². The third kappa shape index (κ3) is 8.20. The predicted molar refractivity (Wildman–Crippen MR) is 192 cm³/mol. The first-order chi connectivity index (χ1) is 24.0. The summed E-state index contributed by atoms with van der Waals surface area (Å²) in [6.45, 7) is 10.4. The normalized spacial score (nSPS) is 12.5. The molecule has 0 amide bonds. The fraction of sp³-hybridized carbons (Fsp3) is 0.275. The molecule has 51 heavy (non-hydrogen) atoms. The highest BCUT2D eigenvalue weighted by Gasteiger charge is 2.33. The molecule has 0 atom stereocenters. The van der Waals surface area contributed by atoms with E-state index in [4.69, 9.17) is 4.74 Å². The lowest BCUT2D eigenvalue weighted by atomic mass is 9.88. The number of carboxylic acids is 1. The van der Waals surface area contributed by atoms with E-state index >= 15 is 0 Å². The summed E-state index contributed by atoms with van der Waals surface area (Å²) in [5.74, 6) is -0.612. The molecule has 0 saturated carbocycles. The maximum Gasteiger partial charge on any atom is 0.417 e. The minimum atomic E-state index is -4.46. The summed E-state index contributed by atoms with van der Waals surface area (Å²) in [4.78, 5) is 22.0. The highest BCUT2D eigenvalue weighted by molar-refractivity contribution is 8.00. The molecule has 0 saturated heterocycles. The Hall–Kier alpha value is -4.90. The van der Waals surface area contributed by atoms with E-state index in [9.17, 15) is 27.5 Å². The molecule has 3 heterocycles. The van der Waals surface area contributed by atoms with Crippen LogP contribution in [0.5, 0.6) is 5.75 Å². The van der Waals surface area contributed by atoms with Gasteiger partial charge in [-0.05, 0) is 74.0 Å². The number of aromatic nitrogens is 3. The lowest BCUT2D eigenvalue weighted by molar-refractivity contribution is -0.147. The molecular weight excluding hydrogens is 679 g/mol. The number of rotatable bonds is 10. The molecule has 3 aromatic carbocycles. The fourth-order valence-electron chi connectivity index (χ4n) is 5.79. The molecule has 3 aromatic heterocycles. The number of pyridine rings is 2. The SMILES string of the molecule is CC(C)(C)Sc1c(CC(C)(C)C(=O)O)n(Cc2ccc(-c3ccc(C(F)(F)F)cn3)cc2)c2ccc(OCc3ccc4cc(F)ccc4n3)cc12. The van der Waals surface area contributed by atoms with Crippen molar-refractivity contribution < 1.29 is 32.2 Å². The number of thioether (sulfide) groups is 1. The van der Waals surface area contributed by atoms with Gasteiger partial charge < -0.3 is 14.4 Å². The lowest BCUT2D eigenvalue weighted by Gasteiger charge is -2.24. The Morgan fingerprint density at radius 3 is 2.29 bits per heavy atom. The largest absolute Gasteiger partial charge is 0.487 e. The van der Waals surface area contributed by atoms with Gasteiger partial charge in [-0.1, -0.05) is 51.1 Å². The molecule has 0 spiro atoms. The number of alkyl halides is 3. The van der Waals surface area contributed by atoms with Crippen LogP contribution in [0, 0.1) is 11.2 Å². The molecule has 6 aromatic rings. The fourth-order valence-corrected chi connectivity index (χ4v) is 6.97. The van der Waals surface area contributed by atoms with Gasteiger partial charge >= 0.3 is 12.1 Å². The van der Waals surface area contributed by atoms with Crippen LogP contribution < -0.4 is 4.74 Å². The van der Waals surface area contributed by atoms with E-state index < -0.39 is 23.1 Å². The van der Waals surface area contributed by atoms with Crippen molar-refractivity contribution >= 4 is 39.5 Å². The molecule has 0 fully saturated rings. The van der Waals surface area contributed by atoms with E-state index in [1.165, 1.54) is 18.2 Å². The van der Waals surface area contributed by atoms with Gasteiger partial charge in [0.1, 0.15) is 18.2 Å². The summed E-state index contributed by atoms with van der Waals surface area (Å²) >= 11 is 1.67. The molecule has 6 rings (SSSR count). The van der Waals surface area contributed by atoms with Gasteiger partial charge in [0.15, 0.2) is 0 Å². The Morgan fingerprint density at radius 1 is 0.902 bits per heavy atom. The number of ether oxygens (including phenoxy) is 1. The van der Waals surface area contributed by atoms with Crippen molar-refractivity contribution in [2.24, 2.45) is 5.41 Å². The van der Waals surface area contributed by atoms with E-state index in [0.717, 1.165) is 39.3 Å². The Kier molecular flexibility index (Phi) is 9.63. The summed E-state index contributed by atoms with van der Waals surface area (Å²) in [5.41, 5.74) is 3.30. The van der Waals surface area contributed by atoms with E-state index in [2.05, 4.69) is 35.3 Å². The number of hydrogen-bond acceptors (Lipinski definition) is 5. The average molecular weight is 716 g/mol. The Labute approximate surface area is 297 Å². The zero-order valence-corrected chi connectivity index (χ0v) is 29.6. The Balaban J connectivity index is 1.37. The van der Waals surface area contributed by atoms with Crippen LogP contribution >= 0.6 is 11.8 Å². The number of hydrogen-bond donors (Lipinski definition) is 1. The van der Waals surface area contributed by atoms with Gasteiger partial charge in [0.05, 0.1) is 27.9 Å².